The average molecular weight is 309 g/mol. The molecule has 2 aromatic rings. The van der Waals surface area contributed by atoms with Crippen molar-refractivity contribution in [3.8, 4) is 0 Å². The minimum atomic E-state index is -3.63. The molecule has 7 heteroatoms. The maximum absolute atomic E-state index is 12.0. The van der Waals surface area contributed by atoms with Crippen molar-refractivity contribution >= 4 is 10.0 Å². The lowest BCUT2D eigenvalue weighted by atomic mass is 10.1. The van der Waals surface area contributed by atoms with Crippen LogP contribution in [0.25, 0.3) is 0 Å². The second-order valence-corrected chi connectivity index (χ2v) is 6.49. The molecule has 0 spiro atoms. The molecule has 2 N–H and O–H groups in total. The Morgan fingerprint density at radius 1 is 1.33 bits per heavy atom. The van der Waals surface area contributed by atoms with Crippen molar-refractivity contribution in [3.05, 3.63) is 48.3 Å². The van der Waals surface area contributed by atoms with Gasteiger partial charge in [0.2, 0.25) is 10.0 Å². The Labute approximate surface area is 124 Å². The molecule has 2 rings (SSSR count). The fourth-order valence-corrected chi connectivity index (χ4v) is 2.93. The summed E-state index contributed by atoms with van der Waals surface area (Å²) in [5.41, 5.74) is 0.961. The Kier molecular flexibility index (Phi) is 5.11. The summed E-state index contributed by atoms with van der Waals surface area (Å²) in [6.45, 7) is 2.45. The van der Waals surface area contributed by atoms with Crippen molar-refractivity contribution in [2.45, 2.75) is 30.9 Å². The predicted octanol–water partition coefficient (Wildman–Crippen LogP) is 0.785. The van der Waals surface area contributed by atoms with Crippen LogP contribution in [-0.4, -0.2) is 36.0 Å². The Hall–Kier alpha value is -1.70. The van der Waals surface area contributed by atoms with Crippen LogP contribution < -0.4 is 4.72 Å². The fourth-order valence-electron chi connectivity index (χ4n) is 1.90. The van der Waals surface area contributed by atoms with E-state index in [2.05, 4.69) is 9.82 Å². The molecule has 0 amide bonds. The highest BCUT2D eigenvalue weighted by Gasteiger charge is 2.17. The third-order valence-electron chi connectivity index (χ3n) is 3.07. The molecule has 0 aliphatic rings. The Balaban J connectivity index is 1.92. The normalized spacial score (nSPS) is 13.2. The van der Waals surface area contributed by atoms with Gasteiger partial charge in [0.1, 0.15) is 4.90 Å². The Bertz CT molecular complexity index is 668. The van der Waals surface area contributed by atoms with Crippen molar-refractivity contribution in [2.75, 3.05) is 6.54 Å². The highest BCUT2D eigenvalue weighted by molar-refractivity contribution is 7.89. The van der Waals surface area contributed by atoms with Crippen LogP contribution in [0.5, 0.6) is 0 Å². The number of nitrogens with zero attached hydrogens (tertiary/aromatic N) is 2. The Morgan fingerprint density at radius 2 is 2.05 bits per heavy atom. The molecule has 1 atom stereocenters. The van der Waals surface area contributed by atoms with Crippen molar-refractivity contribution in [2.24, 2.45) is 0 Å². The van der Waals surface area contributed by atoms with E-state index in [1.54, 1.807) is 0 Å². The summed E-state index contributed by atoms with van der Waals surface area (Å²) < 4.78 is 28.0. The quantitative estimate of drug-likeness (QED) is 0.792. The van der Waals surface area contributed by atoms with Crippen LogP contribution in [0.1, 0.15) is 12.5 Å². The number of aromatic nitrogens is 2. The van der Waals surface area contributed by atoms with Gasteiger partial charge in [-0.2, -0.15) is 5.10 Å². The standard InChI is InChI=1S/C14H19N3O3S/c1-2-17-11-14(10-15-17)21(19,20)16-9-13(18)8-12-6-4-3-5-7-12/h3-7,10-11,13,16,18H,2,8-9H2,1H3. The van der Waals surface area contributed by atoms with Crippen molar-refractivity contribution in [1.29, 1.82) is 0 Å². The van der Waals surface area contributed by atoms with Gasteiger partial charge in [-0.3, -0.25) is 4.68 Å². The second-order valence-electron chi connectivity index (χ2n) is 4.73. The number of hydrogen-bond acceptors (Lipinski definition) is 4. The SMILES string of the molecule is CCn1cc(S(=O)(=O)NCC(O)Cc2ccccc2)cn1. The lowest BCUT2D eigenvalue weighted by molar-refractivity contribution is 0.179. The third-order valence-corrected chi connectivity index (χ3v) is 4.45. The van der Waals surface area contributed by atoms with Crippen LogP contribution in [0, 0.1) is 0 Å². The van der Waals surface area contributed by atoms with Crippen LogP contribution in [0.4, 0.5) is 0 Å². The molecule has 1 aromatic heterocycles. The lowest BCUT2D eigenvalue weighted by Crippen LogP contribution is -2.33. The van der Waals surface area contributed by atoms with E-state index in [1.807, 2.05) is 37.3 Å². The lowest BCUT2D eigenvalue weighted by Gasteiger charge is -2.11. The van der Waals surface area contributed by atoms with E-state index in [9.17, 15) is 13.5 Å². The zero-order chi connectivity index (χ0) is 15.3. The van der Waals surface area contributed by atoms with Crippen LogP contribution in [0.15, 0.2) is 47.6 Å². The van der Waals surface area contributed by atoms with Crippen LogP contribution >= 0.6 is 0 Å². The summed E-state index contributed by atoms with van der Waals surface area (Å²) in [5.74, 6) is 0. The van der Waals surface area contributed by atoms with Crippen molar-refractivity contribution in [3.63, 3.8) is 0 Å². The first kappa shape index (κ1) is 15.7. The number of hydrogen-bond donors (Lipinski definition) is 2. The molecule has 0 saturated carbocycles. The molecule has 0 aliphatic heterocycles. The van der Waals surface area contributed by atoms with Crippen molar-refractivity contribution in [1.82, 2.24) is 14.5 Å². The summed E-state index contributed by atoms with van der Waals surface area (Å²) in [6, 6.07) is 9.44. The molecule has 6 nitrogen and oxygen atoms in total. The molecule has 114 valence electrons. The monoisotopic (exact) mass is 309 g/mol. The molecular formula is C14H19N3O3S. The number of nitrogens with one attached hydrogen (secondary N) is 1. The number of aliphatic hydroxyl groups excluding tert-OH is 1. The summed E-state index contributed by atoms with van der Waals surface area (Å²) >= 11 is 0. The molecule has 0 bridgehead atoms. The molecule has 1 unspecified atom stereocenters. The molecule has 0 saturated heterocycles. The summed E-state index contributed by atoms with van der Waals surface area (Å²) in [6.07, 6.45) is 2.39. The molecule has 1 heterocycles. The second kappa shape index (κ2) is 6.84. The first-order chi connectivity index (χ1) is 10.0. The fraction of sp³-hybridized carbons (Fsp3) is 0.357. The largest absolute Gasteiger partial charge is 0.391 e. The number of rotatable bonds is 7. The molecule has 0 fully saturated rings. The van der Waals surface area contributed by atoms with Gasteiger partial charge in [0.05, 0.1) is 12.3 Å². The van der Waals surface area contributed by atoms with Gasteiger partial charge in [0.25, 0.3) is 0 Å². The van der Waals surface area contributed by atoms with E-state index in [-0.39, 0.29) is 11.4 Å². The van der Waals surface area contributed by atoms with Gasteiger partial charge in [-0.15, -0.1) is 0 Å². The average Bonchev–Trinajstić information content (AvgIpc) is 2.96. The third kappa shape index (κ3) is 4.38. The maximum atomic E-state index is 12.0. The zero-order valence-corrected chi connectivity index (χ0v) is 12.6. The molecule has 21 heavy (non-hydrogen) atoms. The number of benzene rings is 1. The van der Waals surface area contributed by atoms with Gasteiger partial charge in [-0.05, 0) is 18.9 Å². The summed E-state index contributed by atoms with van der Waals surface area (Å²) in [4.78, 5) is 0.108. The first-order valence-corrected chi connectivity index (χ1v) is 8.23. The molecule has 1 aromatic carbocycles. The maximum Gasteiger partial charge on any atom is 0.243 e. The van der Waals surface area contributed by atoms with E-state index in [0.717, 1.165) is 5.56 Å². The van der Waals surface area contributed by atoms with Gasteiger partial charge in [0, 0.05) is 19.3 Å². The van der Waals surface area contributed by atoms with E-state index in [1.165, 1.54) is 17.1 Å². The van der Waals surface area contributed by atoms with Gasteiger partial charge < -0.3 is 5.11 Å². The van der Waals surface area contributed by atoms with Gasteiger partial charge >= 0.3 is 0 Å². The van der Waals surface area contributed by atoms with Gasteiger partial charge in [0.15, 0.2) is 0 Å². The van der Waals surface area contributed by atoms with Crippen LogP contribution in [-0.2, 0) is 23.0 Å². The van der Waals surface area contributed by atoms with E-state index < -0.39 is 16.1 Å². The minimum Gasteiger partial charge on any atom is -0.391 e. The number of sulfonamides is 1. The van der Waals surface area contributed by atoms with E-state index in [4.69, 9.17) is 0 Å². The van der Waals surface area contributed by atoms with E-state index >= 15 is 0 Å². The smallest absolute Gasteiger partial charge is 0.243 e. The van der Waals surface area contributed by atoms with Crippen LogP contribution in [0.3, 0.4) is 0 Å². The van der Waals surface area contributed by atoms with Gasteiger partial charge in [-0.1, -0.05) is 30.3 Å². The van der Waals surface area contributed by atoms with Crippen molar-refractivity contribution < 1.29 is 13.5 Å². The molecule has 0 aliphatic carbocycles. The summed E-state index contributed by atoms with van der Waals surface area (Å²) in [5, 5.41) is 13.8. The topological polar surface area (TPSA) is 84.2 Å². The molecular weight excluding hydrogens is 290 g/mol. The minimum absolute atomic E-state index is 0.0332. The first-order valence-electron chi connectivity index (χ1n) is 6.75. The Morgan fingerprint density at radius 3 is 2.67 bits per heavy atom. The summed E-state index contributed by atoms with van der Waals surface area (Å²) in [7, 11) is -3.63. The van der Waals surface area contributed by atoms with Crippen LogP contribution in [0.2, 0.25) is 0 Å². The number of aliphatic hydroxyl groups is 1. The molecule has 0 radical (unpaired) electrons. The highest BCUT2D eigenvalue weighted by atomic mass is 32.2. The predicted molar refractivity (Wildman–Crippen MR) is 79.2 cm³/mol. The highest BCUT2D eigenvalue weighted by Crippen LogP contribution is 2.08. The zero-order valence-electron chi connectivity index (χ0n) is 11.8. The number of aryl methyl sites for hydroxylation is 1. The van der Waals surface area contributed by atoms with E-state index in [0.29, 0.717) is 13.0 Å². The van der Waals surface area contributed by atoms with Gasteiger partial charge in [-0.25, -0.2) is 13.1 Å².